The molecule has 0 spiro atoms. The molecule has 0 unspecified atom stereocenters. The Morgan fingerprint density at radius 3 is 2.86 bits per heavy atom. The number of nitrogens with one attached hydrogen (secondary N) is 1. The Morgan fingerprint density at radius 1 is 1.41 bits per heavy atom. The number of carbonyl (C=O) groups is 1. The van der Waals surface area contributed by atoms with Crippen molar-refractivity contribution >= 4 is 11.5 Å². The smallest absolute Gasteiger partial charge is 0.176 e. The van der Waals surface area contributed by atoms with Crippen molar-refractivity contribution in [2.45, 2.75) is 6.42 Å². The number of hydrogen-bond acceptors (Lipinski definition) is 6. The van der Waals surface area contributed by atoms with Crippen LogP contribution in [-0.4, -0.2) is 63.7 Å². The molecule has 0 radical (unpaired) electrons. The summed E-state index contributed by atoms with van der Waals surface area (Å²) in [5, 5.41) is 3.19. The predicted molar refractivity (Wildman–Crippen MR) is 86.5 cm³/mol. The van der Waals surface area contributed by atoms with Gasteiger partial charge in [-0.15, -0.1) is 0 Å². The SMILES string of the molecule is COc1ccc(C(=O)CNCCCN2CCOCC2)cc1N. The maximum absolute atomic E-state index is 12.1. The summed E-state index contributed by atoms with van der Waals surface area (Å²) in [7, 11) is 1.56. The van der Waals surface area contributed by atoms with Crippen molar-refractivity contribution in [3.63, 3.8) is 0 Å². The molecule has 22 heavy (non-hydrogen) atoms. The quantitative estimate of drug-likeness (QED) is 0.420. The fourth-order valence-electron chi connectivity index (χ4n) is 2.46. The molecule has 1 saturated heterocycles. The lowest BCUT2D eigenvalue weighted by Gasteiger charge is -2.26. The Bertz CT molecular complexity index is 488. The van der Waals surface area contributed by atoms with E-state index < -0.39 is 0 Å². The molecule has 6 heteroatoms. The molecule has 1 heterocycles. The second-order valence-corrected chi connectivity index (χ2v) is 5.36. The first-order valence-corrected chi connectivity index (χ1v) is 7.68. The third kappa shape index (κ3) is 4.98. The number of morpholine rings is 1. The van der Waals surface area contributed by atoms with Gasteiger partial charge < -0.3 is 20.5 Å². The largest absolute Gasteiger partial charge is 0.495 e. The number of hydrogen-bond donors (Lipinski definition) is 2. The molecular formula is C16H25N3O3. The average Bonchev–Trinajstić information content (AvgIpc) is 2.55. The Hall–Kier alpha value is -1.63. The monoisotopic (exact) mass is 307 g/mol. The second-order valence-electron chi connectivity index (χ2n) is 5.36. The summed E-state index contributed by atoms with van der Waals surface area (Å²) in [4.78, 5) is 14.5. The van der Waals surface area contributed by atoms with E-state index in [1.54, 1.807) is 25.3 Å². The average molecular weight is 307 g/mol. The van der Waals surface area contributed by atoms with Crippen LogP contribution in [0, 0.1) is 0 Å². The van der Waals surface area contributed by atoms with Crippen LogP contribution >= 0.6 is 0 Å². The van der Waals surface area contributed by atoms with Gasteiger partial charge in [-0.1, -0.05) is 0 Å². The minimum absolute atomic E-state index is 0.0423. The molecule has 0 atom stereocenters. The number of methoxy groups -OCH3 is 1. The first-order valence-electron chi connectivity index (χ1n) is 7.68. The number of ether oxygens (including phenoxy) is 2. The molecule has 0 bridgehead atoms. The zero-order valence-electron chi connectivity index (χ0n) is 13.1. The fraction of sp³-hybridized carbons (Fsp3) is 0.562. The summed E-state index contributed by atoms with van der Waals surface area (Å²) in [6.45, 7) is 5.85. The first-order chi connectivity index (χ1) is 10.7. The van der Waals surface area contributed by atoms with Gasteiger partial charge in [-0.05, 0) is 37.7 Å². The first kappa shape index (κ1) is 16.7. The zero-order valence-corrected chi connectivity index (χ0v) is 13.1. The number of rotatable bonds is 8. The Balaban J connectivity index is 1.66. The van der Waals surface area contributed by atoms with Crippen LogP contribution in [0.15, 0.2) is 18.2 Å². The van der Waals surface area contributed by atoms with Crippen LogP contribution in [0.4, 0.5) is 5.69 Å². The molecule has 3 N–H and O–H groups in total. The molecule has 0 amide bonds. The fourth-order valence-corrected chi connectivity index (χ4v) is 2.46. The van der Waals surface area contributed by atoms with Gasteiger partial charge in [-0.2, -0.15) is 0 Å². The molecule has 122 valence electrons. The zero-order chi connectivity index (χ0) is 15.8. The standard InChI is InChI=1S/C16H25N3O3/c1-21-16-4-3-13(11-14(16)17)15(20)12-18-5-2-6-19-7-9-22-10-8-19/h3-4,11,18H,2,5-10,12,17H2,1H3. The highest BCUT2D eigenvalue weighted by Gasteiger charge is 2.10. The second kappa shape index (κ2) is 8.73. The van der Waals surface area contributed by atoms with E-state index in [9.17, 15) is 4.79 Å². The number of benzene rings is 1. The normalized spacial score (nSPS) is 15.7. The van der Waals surface area contributed by atoms with Gasteiger partial charge in [0.25, 0.3) is 0 Å². The van der Waals surface area contributed by atoms with Crippen LogP contribution in [-0.2, 0) is 4.74 Å². The number of anilines is 1. The van der Waals surface area contributed by atoms with Crippen molar-refractivity contribution in [1.82, 2.24) is 10.2 Å². The number of ketones is 1. The van der Waals surface area contributed by atoms with Gasteiger partial charge in [0, 0.05) is 18.7 Å². The van der Waals surface area contributed by atoms with E-state index in [2.05, 4.69) is 10.2 Å². The van der Waals surface area contributed by atoms with Crippen molar-refractivity contribution in [2.24, 2.45) is 0 Å². The van der Waals surface area contributed by atoms with Crippen LogP contribution in [0.2, 0.25) is 0 Å². The van der Waals surface area contributed by atoms with Crippen LogP contribution in [0.5, 0.6) is 5.75 Å². The summed E-state index contributed by atoms with van der Waals surface area (Å²) < 4.78 is 10.4. The number of nitrogens with zero attached hydrogens (tertiary/aromatic N) is 1. The van der Waals surface area contributed by atoms with E-state index >= 15 is 0 Å². The van der Waals surface area contributed by atoms with Crippen LogP contribution in [0.25, 0.3) is 0 Å². The lowest BCUT2D eigenvalue weighted by Crippen LogP contribution is -2.38. The summed E-state index contributed by atoms with van der Waals surface area (Å²) in [6, 6.07) is 5.13. The van der Waals surface area contributed by atoms with Crippen molar-refractivity contribution in [3.05, 3.63) is 23.8 Å². The van der Waals surface area contributed by atoms with Gasteiger partial charge in [-0.3, -0.25) is 9.69 Å². The number of nitrogens with two attached hydrogens (primary N) is 1. The molecular weight excluding hydrogens is 282 g/mol. The summed E-state index contributed by atoms with van der Waals surface area (Å²) in [5.74, 6) is 0.635. The molecule has 1 fully saturated rings. The highest BCUT2D eigenvalue weighted by Crippen LogP contribution is 2.21. The Morgan fingerprint density at radius 2 is 2.18 bits per heavy atom. The van der Waals surface area contributed by atoms with Gasteiger partial charge in [0.15, 0.2) is 5.78 Å². The molecule has 1 aromatic carbocycles. The lowest BCUT2D eigenvalue weighted by atomic mass is 10.1. The Kier molecular flexibility index (Phi) is 6.64. The number of carbonyl (C=O) groups excluding carboxylic acids is 1. The minimum Gasteiger partial charge on any atom is -0.495 e. The molecule has 0 aliphatic carbocycles. The molecule has 1 aromatic rings. The van der Waals surface area contributed by atoms with Crippen molar-refractivity contribution in [2.75, 3.05) is 58.8 Å². The maximum atomic E-state index is 12.1. The van der Waals surface area contributed by atoms with E-state index in [4.69, 9.17) is 15.2 Å². The van der Waals surface area contributed by atoms with Crippen molar-refractivity contribution in [1.29, 1.82) is 0 Å². The van der Waals surface area contributed by atoms with E-state index in [1.165, 1.54) is 0 Å². The molecule has 6 nitrogen and oxygen atoms in total. The van der Waals surface area contributed by atoms with E-state index in [1.807, 2.05) is 0 Å². The topological polar surface area (TPSA) is 76.8 Å². The van der Waals surface area contributed by atoms with Gasteiger partial charge in [0.05, 0.1) is 32.6 Å². The minimum atomic E-state index is 0.0423. The third-order valence-electron chi connectivity index (χ3n) is 3.77. The van der Waals surface area contributed by atoms with Gasteiger partial charge in [0.1, 0.15) is 5.75 Å². The highest BCUT2D eigenvalue weighted by molar-refractivity contribution is 5.98. The van der Waals surface area contributed by atoms with Crippen LogP contribution < -0.4 is 15.8 Å². The molecule has 2 rings (SSSR count). The summed E-state index contributed by atoms with van der Waals surface area (Å²) >= 11 is 0. The molecule has 1 aliphatic heterocycles. The van der Waals surface area contributed by atoms with Gasteiger partial charge in [-0.25, -0.2) is 0 Å². The molecule has 0 aromatic heterocycles. The van der Waals surface area contributed by atoms with E-state index in [-0.39, 0.29) is 5.78 Å². The highest BCUT2D eigenvalue weighted by atomic mass is 16.5. The van der Waals surface area contributed by atoms with Crippen molar-refractivity contribution in [3.8, 4) is 5.75 Å². The van der Waals surface area contributed by atoms with E-state index in [0.29, 0.717) is 23.5 Å². The maximum Gasteiger partial charge on any atom is 0.176 e. The summed E-state index contributed by atoms with van der Waals surface area (Å²) in [5.41, 5.74) is 6.91. The van der Waals surface area contributed by atoms with E-state index in [0.717, 1.165) is 45.8 Å². The van der Waals surface area contributed by atoms with Crippen molar-refractivity contribution < 1.29 is 14.3 Å². The number of nitrogen functional groups attached to an aromatic ring is 1. The van der Waals surface area contributed by atoms with Gasteiger partial charge in [0.2, 0.25) is 0 Å². The lowest BCUT2D eigenvalue weighted by molar-refractivity contribution is 0.0375. The Labute approximate surface area is 131 Å². The predicted octanol–water partition coefficient (Wildman–Crippen LogP) is 0.772. The molecule has 0 saturated carbocycles. The third-order valence-corrected chi connectivity index (χ3v) is 3.77. The van der Waals surface area contributed by atoms with Crippen LogP contribution in [0.3, 0.4) is 0 Å². The number of Topliss-reactive ketones (excluding diaryl/α,β-unsaturated/α-hetero) is 1. The summed E-state index contributed by atoms with van der Waals surface area (Å²) in [6.07, 6.45) is 1.03. The molecule has 1 aliphatic rings. The van der Waals surface area contributed by atoms with Gasteiger partial charge >= 0.3 is 0 Å². The van der Waals surface area contributed by atoms with Crippen LogP contribution in [0.1, 0.15) is 16.8 Å².